The molecule has 2 heterocycles. The van der Waals surface area contributed by atoms with Crippen LogP contribution in [0.4, 0.5) is 10.5 Å². The summed E-state index contributed by atoms with van der Waals surface area (Å²) in [4.78, 5) is 24.5. The average molecular weight is 261 g/mol. The lowest BCUT2D eigenvalue weighted by atomic mass is 10.1. The number of carbonyl (C=O) groups is 2. The standard InChI is InChI=1S/C14H15NO4/c16-13-2-1-8-15(13)11-5-3-10(4-6-11)12-7-9-18-14(17)19-12/h3-6,12H,1-2,7-9H2. The predicted octanol–water partition coefficient (Wildman–Crippen LogP) is 2.41. The molecule has 3 rings (SSSR count). The molecule has 100 valence electrons. The number of amides is 1. The maximum Gasteiger partial charge on any atom is 0.508 e. The van der Waals surface area contributed by atoms with Crippen molar-refractivity contribution in [2.24, 2.45) is 0 Å². The van der Waals surface area contributed by atoms with E-state index in [-0.39, 0.29) is 12.0 Å². The van der Waals surface area contributed by atoms with E-state index in [0.717, 1.165) is 24.2 Å². The lowest BCUT2D eigenvalue weighted by Crippen LogP contribution is -2.24. The monoisotopic (exact) mass is 261 g/mol. The molecule has 19 heavy (non-hydrogen) atoms. The van der Waals surface area contributed by atoms with Gasteiger partial charge in [0.15, 0.2) is 0 Å². The van der Waals surface area contributed by atoms with Gasteiger partial charge >= 0.3 is 6.16 Å². The molecule has 2 fully saturated rings. The quantitative estimate of drug-likeness (QED) is 0.767. The predicted molar refractivity (Wildman–Crippen MR) is 67.8 cm³/mol. The smallest absolute Gasteiger partial charge is 0.434 e. The second-order valence-electron chi connectivity index (χ2n) is 4.73. The second-order valence-corrected chi connectivity index (χ2v) is 4.73. The first-order chi connectivity index (χ1) is 9.24. The number of hydrogen-bond acceptors (Lipinski definition) is 4. The maximum atomic E-state index is 11.6. The third-order valence-corrected chi connectivity index (χ3v) is 3.49. The van der Waals surface area contributed by atoms with Crippen LogP contribution in [-0.4, -0.2) is 25.2 Å². The van der Waals surface area contributed by atoms with Crippen molar-refractivity contribution < 1.29 is 19.1 Å². The van der Waals surface area contributed by atoms with Crippen molar-refractivity contribution in [3.63, 3.8) is 0 Å². The largest absolute Gasteiger partial charge is 0.508 e. The SMILES string of the molecule is O=C1OCCC(c2ccc(N3CCCC3=O)cc2)O1. The minimum absolute atomic E-state index is 0.172. The Morgan fingerprint density at radius 3 is 2.58 bits per heavy atom. The van der Waals surface area contributed by atoms with Gasteiger partial charge in [-0.05, 0) is 24.1 Å². The van der Waals surface area contributed by atoms with Gasteiger partial charge in [-0.15, -0.1) is 0 Å². The first-order valence-corrected chi connectivity index (χ1v) is 6.48. The third kappa shape index (κ3) is 2.41. The van der Waals surface area contributed by atoms with Gasteiger partial charge in [0.25, 0.3) is 0 Å². The number of hydrogen-bond donors (Lipinski definition) is 0. The first-order valence-electron chi connectivity index (χ1n) is 6.48. The molecule has 0 radical (unpaired) electrons. The highest BCUT2D eigenvalue weighted by Crippen LogP contribution is 2.28. The van der Waals surface area contributed by atoms with Gasteiger partial charge < -0.3 is 14.4 Å². The lowest BCUT2D eigenvalue weighted by Gasteiger charge is -2.23. The molecular formula is C14H15NO4. The van der Waals surface area contributed by atoms with Gasteiger partial charge in [-0.25, -0.2) is 4.79 Å². The number of rotatable bonds is 2. The number of anilines is 1. The van der Waals surface area contributed by atoms with E-state index in [2.05, 4.69) is 0 Å². The van der Waals surface area contributed by atoms with Crippen molar-refractivity contribution in [3.8, 4) is 0 Å². The van der Waals surface area contributed by atoms with Crippen LogP contribution in [0.5, 0.6) is 0 Å². The molecule has 1 aromatic carbocycles. The molecule has 2 aliphatic heterocycles. The van der Waals surface area contributed by atoms with E-state index >= 15 is 0 Å². The van der Waals surface area contributed by atoms with Crippen molar-refractivity contribution >= 4 is 17.7 Å². The molecule has 0 N–H and O–H groups in total. The molecule has 5 nitrogen and oxygen atoms in total. The summed E-state index contributed by atoms with van der Waals surface area (Å²) in [6.07, 6.45) is 1.34. The molecule has 0 aromatic heterocycles. The highest BCUT2D eigenvalue weighted by atomic mass is 16.7. The highest BCUT2D eigenvalue weighted by molar-refractivity contribution is 5.95. The van der Waals surface area contributed by atoms with E-state index in [4.69, 9.17) is 9.47 Å². The summed E-state index contributed by atoms with van der Waals surface area (Å²) >= 11 is 0. The summed E-state index contributed by atoms with van der Waals surface area (Å²) in [6, 6.07) is 7.62. The highest BCUT2D eigenvalue weighted by Gasteiger charge is 2.25. The summed E-state index contributed by atoms with van der Waals surface area (Å²) in [6.45, 7) is 1.17. The fraction of sp³-hybridized carbons (Fsp3) is 0.429. The summed E-state index contributed by atoms with van der Waals surface area (Å²) in [5.41, 5.74) is 1.84. The Labute approximate surface area is 111 Å². The van der Waals surface area contributed by atoms with E-state index in [1.165, 1.54) is 0 Å². The number of ether oxygens (including phenoxy) is 2. The minimum atomic E-state index is -0.616. The molecule has 0 saturated carbocycles. The Hall–Kier alpha value is -2.04. The summed E-state index contributed by atoms with van der Waals surface area (Å²) in [5.74, 6) is 0.172. The van der Waals surface area contributed by atoms with Crippen LogP contribution in [-0.2, 0) is 14.3 Å². The molecule has 2 saturated heterocycles. The van der Waals surface area contributed by atoms with Gasteiger partial charge in [-0.2, -0.15) is 0 Å². The molecule has 1 aromatic rings. The zero-order valence-electron chi connectivity index (χ0n) is 10.5. The normalized spacial score (nSPS) is 23.2. The van der Waals surface area contributed by atoms with Gasteiger partial charge in [0, 0.05) is 25.1 Å². The van der Waals surface area contributed by atoms with Crippen LogP contribution in [0.25, 0.3) is 0 Å². The van der Waals surface area contributed by atoms with Gasteiger partial charge in [-0.1, -0.05) is 12.1 Å². The van der Waals surface area contributed by atoms with Gasteiger partial charge in [-0.3, -0.25) is 4.79 Å². The van der Waals surface area contributed by atoms with Gasteiger partial charge in [0.2, 0.25) is 5.91 Å². The number of nitrogens with zero attached hydrogens (tertiary/aromatic N) is 1. The van der Waals surface area contributed by atoms with Crippen molar-refractivity contribution in [1.29, 1.82) is 0 Å². The molecule has 5 heteroatoms. The van der Waals surface area contributed by atoms with Gasteiger partial charge in [0.05, 0.1) is 6.61 Å². The summed E-state index contributed by atoms with van der Waals surface area (Å²) < 4.78 is 9.85. The number of carbonyl (C=O) groups excluding carboxylic acids is 2. The first kappa shape index (κ1) is 12.0. The number of benzene rings is 1. The molecule has 0 spiro atoms. The van der Waals surface area contributed by atoms with Crippen LogP contribution in [0.3, 0.4) is 0 Å². The zero-order valence-corrected chi connectivity index (χ0v) is 10.5. The second kappa shape index (κ2) is 4.91. The van der Waals surface area contributed by atoms with E-state index in [0.29, 0.717) is 19.4 Å². The molecule has 2 aliphatic rings. The van der Waals surface area contributed by atoms with Gasteiger partial charge in [0.1, 0.15) is 6.10 Å². The van der Waals surface area contributed by atoms with Crippen molar-refractivity contribution in [3.05, 3.63) is 29.8 Å². The van der Waals surface area contributed by atoms with E-state index in [1.54, 1.807) is 4.90 Å². The Balaban J connectivity index is 1.75. The minimum Gasteiger partial charge on any atom is -0.434 e. The van der Waals surface area contributed by atoms with E-state index in [1.807, 2.05) is 24.3 Å². The molecule has 1 unspecified atom stereocenters. The van der Waals surface area contributed by atoms with Crippen LogP contribution in [0.15, 0.2) is 24.3 Å². The van der Waals surface area contributed by atoms with Crippen LogP contribution >= 0.6 is 0 Å². The van der Waals surface area contributed by atoms with Crippen molar-refractivity contribution in [2.75, 3.05) is 18.1 Å². The Bertz CT molecular complexity index is 497. The van der Waals surface area contributed by atoms with Crippen LogP contribution in [0.1, 0.15) is 30.9 Å². The van der Waals surface area contributed by atoms with E-state index in [9.17, 15) is 9.59 Å². The van der Waals surface area contributed by atoms with E-state index < -0.39 is 6.16 Å². The lowest BCUT2D eigenvalue weighted by molar-refractivity contribution is -0.117. The Morgan fingerprint density at radius 2 is 1.95 bits per heavy atom. The van der Waals surface area contributed by atoms with Crippen LogP contribution < -0.4 is 4.90 Å². The molecule has 1 amide bonds. The zero-order chi connectivity index (χ0) is 13.2. The Kier molecular flexibility index (Phi) is 3.11. The topological polar surface area (TPSA) is 55.8 Å². The Morgan fingerprint density at radius 1 is 1.16 bits per heavy atom. The molecule has 0 aliphatic carbocycles. The van der Waals surface area contributed by atoms with Crippen molar-refractivity contribution in [2.45, 2.75) is 25.4 Å². The average Bonchev–Trinajstić information content (AvgIpc) is 2.85. The maximum absolute atomic E-state index is 11.6. The molecule has 0 bridgehead atoms. The summed E-state index contributed by atoms with van der Waals surface area (Å²) in [7, 11) is 0. The molecule has 1 atom stereocenters. The van der Waals surface area contributed by atoms with Crippen molar-refractivity contribution in [1.82, 2.24) is 0 Å². The van der Waals surface area contributed by atoms with Crippen LogP contribution in [0.2, 0.25) is 0 Å². The van der Waals surface area contributed by atoms with Crippen LogP contribution in [0, 0.1) is 0 Å². The fourth-order valence-electron chi connectivity index (χ4n) is 2.48. The molecular weight excluding hydrogens is 246 g/mol. The number of cyclic esters (lactones) is 2. The summed E-state index contributed by atoms with van der Waals surface area (Å²) in [5, 5.41) is 0. The fourth-order valence-corrected chi connectivity index (χ4v) is 2.48. The third-order valence-electron chi connectivity index (χ3n) is 3.49.